The number of carbonyl (C=O) groups excluding carboxylic acids is 1. The summed E-state index contributed by atoms with van der Waals surface area (Å²) in [6.45, 7) is 4.03. The molecule has 1 atom stereocenters. The van der Waals surface area contributed by atoms with Crippen molar-refractivity contribution in [2.45, 2.75) is 26.3 Å². The van der Waals surface area contributed by atoms with E-state index >= 15 is 0 Å². The molecule has 0 aliphatic carbocycles. The molecule has 22 heavy (non-hydrogen) atoms. The Labute approximate surface area is 139 Å². The molecule has 0 aliphatic heterocycles. The number of carbonyl (C=O) groups is 1. The highest BCUT2D eigenvalue weighted by atomic mass is 35.5. The molecule has 120 valence electrons. The predicted molar refractivity (Wildman–Crippen MR) is 89.1 cm³/mol. The molecule has 0 bridgehead atoms. The van der Waals surface area contributed by atoms with Gasteiger partial charge in [-0.1, -0.05) is 12.1 Å². The van der Waals surface area contributed by atoms with E-state index in [-0.39, 0.29) is 30.2 Å². The fraction of sp³-hybridized carbons (Fsp3) is 0.333. The van der Waals surface area contributed by atoms with E-state index in [0.717, 1.165) is 10.6 Å². The first-order valence-corrected chi connectivity index (χ1v) is 7.60. The summed E-state index contributed by atoms with van der Waals surface area (Å²) in [5, 5.41) is 5.38. The van der Waals surface area contributed by atoms with E-state index in [2.05, 4.69) is 10.3 Å². The van der Waals surface area contributed by atoms with Crippen molar-refractivity contribution in [3.05, 3.63) is 51.2 Å². The Balaban J connectivity index is 0.00000242. The number of hydrogen-bond donors (Lipinski definition) is 2. The van der Waals surface area contributed by atoms with Crippen LogP contribution in [0.2, 0.25) is 0 Å². The Morgan fingerprint density at radius 3 is 2.86 bits per heavy atom. The molecule has 4 nitrogen and oxygen atoms in total. The van der Waals surface area contributed by atoms with Gasteiger partial charge in [-0.3, -0.25) is 4.79 Å². The van der Waals surface area contributed by atoms with Gasteiger partial charge in [-0.15, -0.1) is 23.7 Å². The van der Waals surface area contributed by atoms with Crippen molar-refractivity contribution in [3.63, 3.8) is 0 Å². The number of aromatic nitrogens is 1. The van der Waals surface area contributed by atoms with Gasteiger partial charge in [-0.25, -0.2) is 9.37 Å². The lowest BCUT2D eigenvalue weighted by Crippen LogP contribution is -2.27. The summed E-state index contributed by atoms with van der Waals surface area (Å²) in [5.41, 5.74) is 7.15. The first kappa shape index (κ1) is 18.5. The van der Waals surface area contributed by atoms with Crippen molar-refractivity contribution in [1.82, 2.24) is 10.3 Å². The average molecular weight is 344 g/mol. The molecule has 2 aromatic rings. The molecule has 1 unspecified atom stereocenters. The Hall–Kier alpha value is -1.50. The third-order valence-electron chi connectivity index (χ3n) is 3.19. The Morgan fingerprint density at radius 1 is 1.50 bits per heavy atom. The zero-order valence-electron chi connectivity index (χ0n) is 12.4. The third-order valence-corrected chi connectivity index (χ3v) is 4.09. The molecule has 1 aromatic carbocycles. The zero-order chi connectivity index (χ0) is 15.4. The normalized spacial score (nSPS) is 11.6. The molecule has 7 heteroatoms. The quantitative estimate of drug-likeness (QED) is 0.876. The van der Waals surface area contributed by atoms with Crippen LogP contribution in [0.3, 0.4) is 0 Å². The van der Waals surface area contributed by atoms with E-state index in [1.165, 1.54) is 17.4 Å². The van der Waals surface area contributed by atoms with Crippen molar-refractivity contribution >= 4 is 29.7 Å². The second kappa shape index (κ2) is 8.22. The van der Waals surface area contributed by atoms with Crippen molar-refractivity contribution < 1.29 is 9.18 Å². The van der Waals surface area contributed by atoms with Crippen LogP contribution in [0.4, 0.5) is 4.39 Å². The minimum Gasteiger partial charge on any atom is -0.344 e. The molecule has 0 saturated heterocycles. The van der Waals surface area contributed by atoms with E-state index in [0.29, 0.717) is 24.2 Å². The summed E-state index contributed by atoms with van der Waals surface area (Å²) in [5.74, 6) is -0.532. The molecule has 0 fully saturated rings. The number of thiazole rings is 1. The monoisotopic (exact) mass is 343 g/mol. The number of benzene rings is 1. The molecule has 0 saturated carbocycles. The number of hydrogen-bond acceptors (Lipinski definition) is 4. The van der Waals surface area contributed by atoms with E-state index in [9.17, 15) is 9.18 Å². The molecular formula is C15H19ClFN3OS. The number of rotatable bonds is 5. The second-order valence-electron chi connectivity index (χ2n) is 4.87. The Kier molecular flexibility index (Phi) is 6.93. The van der Waals surface area contributed by atoms with Gasteiger partial charge in [0.15, 0.2) is 0 Å². The van der Waals surface area contributed by atoms with Crippen molar-refractivity contribution in [1.29, 1.82) is 0 Å². The molecule has 1 amide bonds. The number of aryl methyl sites for hydroxylation is 1. The van der Waals surface area contributed by atoms with Gasteiger partial charge in [-0.05, 0) is 37.6 Å². The first-order valence-electron chi connectivity index (χ1n) is 6.72. The van der Waals surface area contributed by atoms with Crippen LogP contribution in [0, 0.1) is 12.7 Å². The van der Waals surface area contributed by atoms with E-state index in [1.807, 2.05) is 13.0 Å². The number of amides is 1. The summed E-state index contributed by atoms with van der Waals surface area (Å²) in [4.78, 5) is 16.3. The van der Waals surface area contributed by atoms with Crippen molar-refractivity contribution in [2.75, 3.05) is 6.54 Å². The average Bonchev–Trinajstić information content (AvgIpc) is 2.91. The third kappa shape index (κ3) is 4.50. The van der Waals surface area contributed by atoms with Crippen LogP contribution in [-0.4, -0.2) is 17.4 Å². The van der Waals surface area contributed by atoms with Gasteiger partial charge in [0, 0.05) is 11.8 Å². The molecule has 2 rings (SSSR count). The largest absolute Gasteiger partial charge is 0.344 e. The highest BCUT2D eigenvalue weighted by Gasteiger charge is 2.15. The van der Waals surface area contributed by atoms with Gasteiger partial charge in [0.25, 0.3) is 5.91 Å². The van der Waals surface area contributed by atoms with Crippen LogP contribution in [0.15, 0.2) is 23.6 Å². The fourth-order valence-electron chi connectivity index (χ4n) is 1.89. The van der Waals surface area contributed by atoms with Crippen LogP contribution in [0.25, 0.3) is 0 Å². The Bertz CT molecular complexity index is 647. The smallest absolute Gasteiger partial charge is 0.271 e. The van der Waals surface area contributed by atoms with Gasteiger partial charge >= 0.3 is 0 Å². The summed E-state index contributed by atoms with van der Waals surface area (Å²) >= 11 is 1.42. The minimum atomic E-state index is -0.285. The lowest BCUT2D eigenvalue weighted by molar-refractivity contribution is 0.0935. The summed E-state index contributed by atoms with van der Waals surface area (Å²) in [6.07, 6.45) is 0.663. The molecule has 0 aliphatic rings. The second-order valence-corrected chi connectivity index (χ2v) is 5.81. The van der Waals surface area contributed by atoms with Crippen LogP contribution in [0.1, 0.15) is 39.6 Å². The summed E-state index contributed by atoms with van der Waals surface area (Å²) in [6, 6.07) is 4.67. The highest BCUT2D eigenvalue weighted by molar-refractivity contribution is 7.09. The molecule has 1 aromatic heterocycles. The van der Waals surface area contributed by atoms with Gasteiger partial charge < -0.3 is 11.1 Å². The topological polar surface area (TPSA) is 68.0 Å². The van der Waals surface area contributed by atoms with Crippen LogP contribution in [0.5, 0.6) is 0 Å². The maximum absolute atomic E-state index is 13.6. The first-order chi connectivity index (χ1) is 10.0. The summed E-state index contributed by atoms with van der Waals surface area (Å²) in [7, 11) is 0. The number of nitrogens with zero attached hydrogens (tertiary/aromatic N) is 1. The molecule has 0 radical (unpaired) electrons. The fourth-order valence-corrected chi connectivity index (χ4v) is 2.68. The molecule has 0 spiro atoms. The van der Waals surface area contributed by atoms with Gasteiger partial charge in [0.2, 0.25) is 0 Å². The number of halogens is 2. The van der Waals surface area contributed by atoms with Crippen LogP contribution < -0.4 is 11.1 Å². The SMILES string of the molecule is Cc1ccc(C(C)NC(=O)c2csc(CCN)n2)cc1F.Cl. The zero-order valence-corrected chi connectivity index (χ0v) is 14.1. The predicted octanol–water partition coefficient (Wildman–Crippen LogP) is 3.00. The van der Waals surface area contributed by atoms with Crippen LogP contribution >= 0.6 is 23.7 Å². The van der Waals surface area contributed by atoms with Gasteiger partial charge in [-0.2, -0.15) is 0 Å². The lowest BCUT2D eigenvalue weighted by atomic mass is 10.1. The van der Waals surface area contributed by atoms with E-state index < -0.39 is 0 Å². The van der Waals surface area contributed by atoms with Gasteiger partial charge in [0.05, 0.1) is 11.0 Å². The van der Waals surface area contributed by atoms with Crippen molar-refractivity contribution in [3.8, 4) is 0 Å². The number of nitrogens with two attached hydrogens (primary N) is 1. The minimum absolute atomic E-state index is 0. The van der Waals surface area contributed by atoms with Crippen molar-refractivity contribution in [2.24, 2.45) is 5.73 Å². The number of nitrogens with one attached hydrogen (secondary N) is 1. The van der Waals surface area contributed by atoms with Crippen LogP contribution in [-0.2, 0) is 6.42 Å². The Morgan fingerprint density at radius 2 is 2.23 bits per heavy atom. The summed E-state index contributed by atoms with van der Waals surface area (Å²) < 4.78 is 13.6. The van der Waals surface area contributed by atoms with E-state index in [1.54, 1.807) is 18.4 Å². The molecule has 3 N–H and O–H groups in total. The highest BCUT2D eigenvalue weighted by Crippen LogP contribution is 2.17. The standard InChI is InChI=1S/C15H18FN3OS.ClH/c1-9-3-4-11(7-12(9)16)10(2)18-15(20)13-8-21-14(19-13)5-6-17;/h3-4,7-8,10H,5-6,17H2,1-2H3,(H,18,20);1H. The molecular weight excluding hydrogens is 325 g/mol. The maximum atomic E-state index is 13.6. The molecule has 1 heterocycles. The lowest BCUT2D eigenvalue weighted by Gasteiger charge is -2.14. The maximum Gasteiger partial charge on any atom is 0.271 e. The van der Waals surface area contributed by atoms with Gasteiger partial charge in [0.1, 0.15) is 11.5 Å². The van der Waals surface area contributed by atoms with E-state index in [4.69, 9.17) is 5.73 Å².